The monoisotopic (exact) mass is 587 g/mol. The lowest BCUT2D eigenvalue weighted by Crippen LogP contribution is -2.13. The minimum absolute atomic E-state index is 0.127. The third-order valence-electron chi connectivity index (χ3n) is 4.80. The van der Waals surface area contributed by atoms with Crippen LogP contribution in [0.1, 0.15) is 28.4 Å². The summed E-state index contributed by atoms with van der Waals surface area (Å²) in [4.78, 5) is 29.2. The van der Waals surface area contributed by atoms with Crippen molar-refractivity contribution in [1.82, 2.24) is 0 Å². The molecule has 0 aromatic heterocycles. The molecule has 4 rings (SSSR count). The molecule has 0 bridgehead atoms. The fourth-order valence-electron chi connectivity index (χ4n) is 3.24. The number of Topliss-reactive ketones (excluding diaryl/α,β-unsaturated/α-hetero) is 1. The van der Waals surface area contributed by atoms with Gasteiger partial charge in [-0.15, -0.1) is 0 Å². The number of ether oxygens (including phenoxy) is 3. The Morgan fingerprint density at radius 2 is 1.82 bits per heavy atom. The van der Waals surface area contributed by atoms with Crippen molar-refractivity contribution in [2.45, 2.75) is 6.92 Å². The number of nitrogens with zero attached hydrogens (tertiary/aromatic N) is 1. The van der Waals surface area contributed by atoms with Crippen molar-refractivity contribution in [3.63, 3.8) is 0 Å². The lowest BCUT2D eigenvalue weighted by atomic mass is 10.1. The molecule has 1 aliphatic rings. The van der Waals surface area contributed by atoms with Gasteiger partial charge in [0.15, 0.2) is 29.6 Å². The van der Waals surface area contributed by atoms with Crippen LogP contribution in [0.4, 0.5) is 0 Å². The van der Waals surface area contributed by atoms with E-state index in [0.29, 0.717) is 39.8 Å². The molecule has 0 N–H and O–H groups in total. The number of carbonyl (C=O) groups excluding carboxylic acids is 2. The van der Waals surface area contributed by atoms with Gasteiger partial charge in [0.2, 0.25) is 5.90 Å². The van der Waals surface area contributed by atoms with Crippen molar-refractivity contribution in [3.8, 4) is 11.5 Å². The molecule has 0 fully saturated rings. The molecule has 3 aromatic carbocycles. The standard InChI is InChI=1S/C26H19ClINO5/c1-2-32-23-14-16(12-20(28)24(23)33-15-22(30)17-8-4-3-5-9-17)13-21-26(31)34-25(29-21)18-10-6-7-11-19(18)27/h3-14H,2,15H2,1H3/b21-13-. The van der Waals surface area contributed by atoms with E-state index in [9.17, 15) is 9.59 Å². The van der Waals surface area contributed by atoms with Gasteiger partial charge in [-0.2, -0.15) is 0 Å². The van der Waals surface area contributed by atoms with E-state index in [1.54, 1.807) is 60.7 Å². The maximum Gasteiger partial charge on any atom is 0.363 e. The molecule has 1 heterocycles. The summed E-state index contributed by atoms with van der Waals surface area (Å²) >= 11 is 8.31. The van der Waals surface area contributed by atoms with Crippen LogP contribution in [0.5, 0.6) is 11.5 Å². The molecular formula is C26H19ClINO5. The minimum Gasteiger partial charge on any atom is -0.490 e. The van der Waals surface area contributed by atoms with E-state index in [1.807, 2.05) is 19.1 Å². The maximum absolute atomic E-state index is 12.5. The zero-order chi connectivity index (χ0) is 24.1. The minimum atomic E-state index is -0.573. The highest BCUT2D eigenvalue weighted by atomic mass is 127. The Morgan fingerprint density at radius 3 is 2.56 bits per heavy atom. The predicted molar refractivity (Wildman–Crippen MR) is 139 cm³/mol. The first-order valence-corrected chi connectivity index (χ1v) is 11.9. The normalized spacial score (nSPS) is 14.0. The van der Waals surface area contributed by atoms with Crippen LogP contribution in [0.15, 0.2) is 77.4 Å². The number of hydrogen-bond donors (Lipinski definition) is 0. The molecule has 34 heavy (non-hydrogen) atoms. The summed E-state index contributed by atoms with van der Waals surface area (Å²) in [5.74, 6) is 0.365. The van der Waals surface area contributed by atoms with Crippen molar-refractivity contribution in [2.24, 2.45) is 4.99 Å². The van der Waals surface area contributed by atoms with E-state index in [-0.39, 0.29) is 24.0 Å². The van der Waals surface area contributed by atoms with Crippen LogP contribution in [0.3, 0.4) is 0 Å². The average Bonchev–Trinajstić information content (AvgIpc) is 3.19. The van der Waals surface area contributed by atoms with Crippen LogP contribution in [-0.2, 0) is 9.53 Å². The Hall–Kier alpha value is -3.17. The molecule has 0 saturated heterocycles. The van der Waals surface area contributed by atoms with Gasteiger partial charge in [0.05, 0.1) is 20.8 Å². The van der Waals surface area contributed by atoms with Crippen molar-refractivity contribution in [1.29, 1.82) is 0 Å². The van der Waals surface area contributed by atoms with Crippen LogP contribution in [0, 0.1) is 3.57 Å². The van der Waals surface area contributed by atoms with Crippen LogP contribution < -0.4 is 9.47 Å². The van der Waals surface area contributed by atoms with Crippen LogP contribution >= 0.6 is 34.2 Å². The first kappa shape index (κ1) is 24.0. The number of ketones is 1. The molecule has 0 radical (unpaired) electrons. The first-order chi connectivity index (χ1) is 16.5. The van der Waals surface area contributed by atoms with Crippen LogP contribution in [0.25, 0.3) is 6.08 Å². The zero-order valence-corrected chi connectivity index (χ0v) is 21.0. The number of esters is 1. The smallest absolute Gasteiger partial charge is 0.363 e. The van der Waals surface area contributed by atoms with Crippen molar-refractivity contribution in [2.75, 3.05) is 13.2 Å². The van der Waals surface area contributed by atoms with Gasteiger partial charge >= 0.3 is 5.97 Å². The van der Waals surface area contributed by atoms with E-state index in [2.05, 4.69) is 27.6 Å². The molecule has 0 atom stereocenters. The third-order valence-corrected chi connectivity index (χ3v) is 5.93. The quantitative estimate of drug-likeness (QED) is 0.141. The Bertz CT molecular complexity index is 1300. The summed E-state index contributed by atoms with van der Waals surface area (Å²) in [7, 11) is 0. The van der Waals surface area contributed by atoms with Crippen molar-refractivity contribution >= 4 is 57.9 Å². The lowest BCUT2D eigenvalue weighted by Gasteiger charge is -2.14. The number of hydrogen-bond acceptors (Lipinski definition) is 6. The molecule has 0 unspecified atom stereocenters. The van der Waals surface area contributed by atoms with Crippen LogP contribution in [0.2, 0.25) is 5.02 Å². The second-order valence-corrected chi connectivity index (χ2v) is 8.73. The zero-order valence-electron chi connectivity index (χ0n) is 18.1. The van der Waals surface area contributed by atoms with Gasteiger partial charge in [-0.1, -0.05) is 54.1 Å². The number of halogens is 2. The molecule has 0 saturated carbocycles. The van der Waals surface area contributed by atoms with E-state index in [4.69, 9.17) is 25.8 Å². The van der Waals surface area contributed by atoms with Gasteiger partial charge in [0, 0.05) is 5.56 Å². The fraction of sp³-hybridized carbons (Fsp3) is 0.115. The molecule has 1 aliphatic heterocycles. The van der Waals surface area contributed by atoms with Gasteiger partial charge in [-0.3, -0.25) is 4.79 Å². The molecule has 3 aromatic rings. The second kappa shape index (κ2) is 10.8. The highest BCUT2D eigenvalue weighted by Gasteiger charge is 2.26. The van der Waals surface area contributed by atoms with Gasteiger partial charge in [0.1, 0.15) is 0 Å². The van der Waals surface area contributed by atoms with Gasteiger partial charge in [0.25, 0.3) is 0 Å². The third kappa shape index (κ3) is 5.48. The maximum atomic E-state index is 12.5. The molecule has 0 aliphatic carbocycles. The summed E-state index contributed by atoms with van der Waals surface area (Å²) in [6, 6.07) is 19.5. The Labute approximate surface area is 215 Å². The van der Waals surface area contributed by atoms with E-state index >= 15 is 0 Å². The lowest BCUT2D eigenvalue weighted by molar-refractivity contribution is -0.129. The highest BCUT2D eigenvalue weighted by molar-refractivity contribution is 14.1. The number of benzene rings is 3. The summed E-state index contributed by atoms with van der Waals surface area (Å²) in [6.07, 6.45) is 1.61. The number of cyclic esters (lactones) is 1. The Morgan fingerprint density at radius 1 is 1.09 bits per heavy atom. The largest absolute Gasteiger partial charge is 0.490 e. The number of aliphatic imine (C=N–C) groups is 1. The highest BCUT2D eigenvalue weighted by Crippen LogP contribution is 2.35. The Kier molecular flexibility index (Phi) is 7.64. The molecule has 6 nitrogen and oxygen atoms in total. The summed E-state index contributed by atoms with van der Waals surface area (Å²) in [5.41, 5.74) is 1.92. The van der Waals surface area contributed by atoms with Crippen molar-refractivity contribution < 1.29 is 23.8 Å². The Balaban J connectivity index is 1.60. The van der Waals surface area contributed by atoms with Crippen LogP contribution in [-0.4, -0.2) is 30.9 Å². The topological polar surface area (TPSA) is 74.2 Å². The SMILES string of the molecule is CCOc1cc(/C=C2\N=C(c3ccccc3Cl)OC2=O)cc(I)c1OCC(=O)c1ccccc1. The predicted octanol–water partition coefficient (Wildman–Crippen LogP) is 5.95. The molecule has 0 spiro atoms. The van der Waals surface area contributed by atoms with Crippen molar-refractivity contribution in [3.05, 3.63) is 97.7 Å². The van der Waals surface area contributed by atoms with Gasteiger partial charge < -0.3 is 14.2 Å². The van der Waals surface area contributed by atoms with Gasteiger partial charge in [-0.25, -0.2) is 9.79 Å². The molecule has 0 amide bonds. The molecular weight excluding hydrogens is 569 g/mol. The molecule has 172 valence electrons. The van der Waals surface area contributed by atoms with E-state index in [0.717, 1.165) is 3.57 Å². The fourth-order valence-corrected chi connectivity index (χ4v) is 4.23. The summed E-state index contributed by atoms with van der Waals surface area (Å²) in [5, 5.41) is 0.440. The van der Waals surface area contributed by atoms with E-state index in [1.165, 1.54) is 0 Å². The average molecular weight is 588 g/mol. The first-order valence-electron chi connectivity index (χ1n) is 10.4. The van der Waals surface area contributed by atoms with E-state index < -0.39 is 5.97 Å². The summed E-state index contributed by atoms with van der Waals surface area (Å²) < 4.78 is 17.6. The summed E-state index contributed by atoms with van der Waals surface area (Å²) in [6.45, 7) is 2.12. The second-order valence-electron chi connectivity index (χ2n) is 7.16. The molecule has 8 heteroatoms. The number of carbonyl (C=O) groups is 2. The number of rotatable bonds is 8. The van der Waals surface area contributed by atoms with Gasteiger partial charge in [-0.05, 0) is 65.4 Å².